The first-order chi connectivity index (χ1) is 9.76. The van der Waals surface area contributed by atoms with Crippen molar-refractivity contribution in [1.82, 2.24) is 4.90 Å². The Morgan fingerprint density at radius 3 is 2.76 bits per heavy atom. The number of methoxy groups -OCH3 is 2. The van der Waals surface area contributed by atoms with Crippen LogP contribution in [0, 0.1) is 5.92 Å². The van der Waals surface area contributed by atoms with Crippen LogP contribution in [0.3, 0.4) is 0 Å². The molecule has 0 saturated carbocycles. The van der Waals surface area contributed by atoms with Crippen molar-refractivity contribution in [3.05, 3.63) is 23.8 Å². The van der Waals surface area contributed by atoms with E-state index >= 15 is 0 Å². The minimum absolute atomic E-state index is 0. The average Bonchev–Trinajstić information content (AvgIpc) is 2.48. The molecule has 1 fully saturated rings. The molecule has 0 radical (unpaired) electrons. The molecule has 0 amide bonds. The smallest absolute Gasteiger partial charge is 0.123 e. The van der Waals surface area contributed by atoms with Gasteiger partial charge in [-0.3, -0.25) is 4.90 Å². The zero-order chi connectivity index (χ0) is 14.4. The Hall–Kier alpha value is -0.970. The third-order valence-electron chi connectivity index (χ3n) is 4.06. The molecule has 0 bridgehead atoms. The Labute approximate surface area is 134 Å². The van der Waals surface area contributed by atoms with E-state index < -0.39 is 0 Å². The maximum absolute atomic E-state index is 5.69. The minimum atomic E-state index is 0. The molecule has 4 nitrogen and oxygen atoms in total. The molecule has 5 heteroatoms. The number of nitrogens with zero attached hydrogens (tertiary/aromatic N) is 1. The van der Waals surface area contributed by atoms with E-state index in [1.165, 1.54) is 18.4 Å². The van der Waals surface area contributed by atoms with Crippen LogP contribution in [-0.2, 0) is 6.54 Å². The van der Waals surface area contributed by atoms with Crippen molar-refractivity contribution in [2.24, 2.45) is 11.7 Å². The number of ether oxygens (including phenoxy) is 2. The molecule has 1 atom stereocenters. The van der Waals surface area contributed by atoms with Gasteiger partial charge in [0.05, 0.1) is 14.2 Å². The maximum atomic E-state index is 5.69. The lowest BCUT2D eigenvalue weighted by Gasteiger charge is -2.33. The Morgan fingerprint density at radius 1 is 1.29 bits per heavy atom. The zero-order valence-corrected chi connectivity index (χ0v) is 13.8. The molecule has 2 rings (SSSR count). The molecule has 1 unspecified atom stereocenters. The number of nitrogens with two attached hydrogens (primary N) is 1. The summed E-state index contributed by atoms with van der Waals surface area (Å²) in [6.07, 6.45) is 3.70. The molecule has 1 aliphatic rings. The third kappa shape index (κ3) is 5.06. The van der Waals surface area contributed by atoms with Gasteiger partial charge in [0.2, 0.25) is 0 Å². The van der Waals surface area contributed by atoms with Gasteiger partial charge in [-0.25, -0.2) is 0 Å². The molecule has 0 spiro atoms. The van der Waals surface area contributed by atoms with Crippen molar-refractivity contribution in [1.29, 1.82) is 0 Å². The summed E-state index contributed by atoms with van der Waals surface area (Å²) in [4.78, 5) is 2.50. The molecule has 0 aliphatic carbocycles. The number of hydrogen-bond donors (Lipinski definition) is 1. The highest BCUT2D eigenvalue weighted by molar-refractivity contribution is 5.85. The fourth-order valence-corrected chi connectivity index (χ4v) is 3.01. The van der Waals surface area contributed by atoms with Crippen LogP contribution >= 0.6 is 12.4 Å². The summed E-state index contributed by atoms with van der Waals surface area (Å²) >= 11 is 0. The van der Waals surface area contributed by atoms with Gasteiger partial charge in [0, 0.05) is 18.7 Å². The summed E-state index contributed by atoms with van der Waals surface area (Å²) in [5, 5.41) is 0. The molecule has 1 saturated heterocycles. The van der Waals surface area contributed by atoms with Gasteiger partial charge in [-0.2, -0.15) is 0 Å². The molecule has 1 aromatic carbocycles. The number of benzene rings is 1. The predicted octanol–water partition coefficient (Wildman–Crippen LogP) is 2.69. The number of hydrogen-bond acceptors (Lipinski definition) is 4. The van der Waals surface area contributed by atoms with Crippen LogP contribution in [0.4, 0.5) is 0 Å². The Kier molecular flexibility index (Phi) is 7.86. The predicted molar refractivity (Wildman–Crippen MR) is 88.5 cm³/mol. The largest absolute Gasteiger partial charge is 0.497 e. The first-order valence-corrected chi connectivity index (χ1v) is 7.40. The van der Waals surface area contributed by atoms with E-state index in [9.17, 15) is 0 Å². The van der Waals surface area contributed by atoms with Crippen LogP contribution in [0.1, 0.15) is 24.8 Å². The molecule has 1 aromatic rings. The lowest BCUT2D eigenvalue weighted by Crippen LogP contribution is -2.35. The van der Waals surface area contributed by atoms with Gasteiger partial charge < -0.3 is 15.2 Å². The summed E-state index contributed by atoms with van der Waals surface area (Å²) in [5.74, 6) is 2.56. The Balaban J connectivity index is 0.00000220. The summed E-state index contributed by atoms with van der Waals surface area (Å²) in [5.41, 5.74) is 6.88. The van der Waals surface area contributed by atoms with E-state index in [-0.39, 0.29) is 12.4 Å². The van der Waals surface area contributed by atoms with Gasteiger partial charge in [0.1, 0.15) is 11.5 Å². The standard InChI is InChI=1S/C16H26N2O2.ClH/c1-19-15-5-6-16(20-2)14(10-15)12-18-9-3-4-13(11-18)7-8-17;/h5-6,10,13H,3-4,7-9,11-12,17H2,1-2H3;1H. The van der Waals surface area contributed by atoms with Crippen LogP contribution in [-0.4, -0.2) is 38.8 Å². The summed E-state index contributed by atoms with van der Waals surface area (Å²) in [7, 11) is 3.42. The molecule has 1 aliphatic heterocycles. The normalized spacial score (nSPS) is 18.9. The maximum Gasteiger partial charge on any atom is 0.123 e. The molecule has 21 heavy (non-hydrogen) atoms. The summed E-state index contributed by atoms with van der Waals surface area (Å²) in [6.45, 7) is 4.00. The first-order valence-electron chi connectivity index (χ1n) is 7.40. The van der Waals surface area contributed by atoms with Crippen molar-refractivity contribution in [2.75, 3.05) is 33.9 Å². The van der Waals surface area contributed by atoms with E-state index in [1.54, 1.807) is 14.2 Å². The molecule has 0 aromatic heterocycles. The topological polar surface area (TPSA) is 47.7 Å². The quantitative estimate of drug-likeness (QED) is 0.877. The lowest BCUT2D eigenvalue weighted by molar-refractivity contribution is 0.161. The van der Waals surface area contributed by atoms with Gasteiger partial charge in [0.15, 0.2) is 0 Å². The van der Waals surface area contributed by atoms with E-state index in [4.69, 9.17) is 15.2 Å². The van der Waals surface area contributed by atoms with E-state index in [2.05, 4.69) is 11.0 Å². The number of piperidine rings is 1. The molecular formula is C16H27ClN2O2. The van der Waals surface area contributed by atoms with E-state index in [0.29, 0.717) is 0 Å². The first kappa shape index (κ1) is 18.1. The van der Waals surface area contributed by atoms with E-state index in [1.807, 2.05) is 12.1 Å². The van der Waals surface area contributed by atoms with Gasteiger partial charge in [0.25, 0.3) is 0 Å². The highest BCUT2D eigenvalue weighted by Gasteiger charge is 2.20. The Morgan fingerprint density at radius 2 is 2.10 bits per heavy atom. The fourth-order valence-electron chi connectivity index (χ4n) is 3.01. The molecule has 1 heterocycles. The van der Waals surface area contributed by atoms with E-state index in [0.717, 1.165) is 50.0 Å². The van der Waals surface area contributed by atoms with Crippen LogP contribution < -0.4 is 15.2 Å². The fraction of sp³-hybridized carbons (Fsp3) is 0.625. The third-order valence-corrected chi connectivity index (χ3v) is 4.06. The van der Waals surface area contributed by atoms with Crippen molar-refractivity contribution < 1.29 is 9.47 Å². The lowest BCUT2D eigenvalue weighted by atomic mass is 9.94. The van der Waals surface area contributed by atoms with Gasteiger partial charge in [-0.15, -0.1) is 12.4 Å². The number of rotatable bonds is 6. The van der Waals surface area contributed by atoms with Crippen LogP contribution in [0.15, 0.2) is 18.2 Å². The van der Waals surface area contributed by atoms with Gasteiger partial charge in [-0.1, -0.05) is 0 Å². The highest BCUT2D eigenvalue weighted by Crippen LogP contribution is 2.27. The second-order valence-electron chi connectivity index (χ2n) is 5.50. The highest BCUT2D eigenvalue weighted by atomic mass is 35.5. The van der Waals surface area contributed by atoms with Gasteiger partial charge in [-0.05, 0) is 56.5 Å². The molecule has 2 N–H and O–H groups in total. The van der Waals surface area contributed by atoms with Gasteiger partial charge >= 0.3 is 0 Å². The second-order valence-corrected chi connectivity index (χ2v) is 5.50. The van der Waals surface area contributed by atoms with Crippen molar-refractivity contribution >= 4 is 12.4 Å². The van der Waals surface area contributed by atoms with Crippen molar-refractivity contribution in [3.8, 4) is 11.5 Å². The number of halogens is 1. The monoisotopic (exact) mass is 314 g/mol. The van der Waals surface area contributed by atoms with Crippen molar-refractivity contribution in [3.63, 3.8) is 0 Å². The van der Waals surface area contributed by atoms with Crippen molar-refractivity contribution in [2.45, 2.75) is 25.8 Å². The molecular weight excluding hydrogens is 288 g/mol. The SMILES string of the molecule is COc1ccc(OC)c(CN2CCCC(CCN)C2)c1.Cl. The zero-order valence-electron chi connectivity index (χ0n) is 13.0. The Bertz CT molecular complexity index is 427. The summed E-state index contributed by atoms with van der Waals surface area (Å²) < 4.78 is 10.8. The van der Waals surface area contributed by atoms with Crippen LogP contribution in [0.25, 0.3) is 0 Å². The molecule has 120 valence electrons. The average molecular weight is 315 g/mol. The summed E-state index contributed by atoms with van der Waals surface area (Å²) in [6, 6.07) is 6.00. The number of likely N-dealkylation sites (tertiary alicyclic amines) is 1. The van der Waals surface area contributed by atoms with Crippen LogP contribution in [0.2, 0.25) is 0 Å². The second kappa shape index (κ2) is 9.13. The minimum Gasteiger partial charge on any atom is -0.497 e. The van der Waals surface area contributed by atoms with Crippen LogP contribution in [0.5, 0.6) is 11.5 Å².